The highest BCUT2D eigenvalue weighted by atomic mass is 32.1. The molecule has 4 N–H and O–H groups in total. The topological polar surface area (TPSA) is 104 Å². The standard InChI is InChI=1S/C25H22FN5O2S/c26-15-5-3-4-13(8-15)22-21(30-25(27)34-22)24(33)31-12-14-9-17(14)20(31)11-29-23(32)18-10-28-19-7-2-1-6-16(18)19/h1-8,10,14,17,20,28H,9,11-12H2,(H2,27,30)(H,29,32)/t14-,17-,20+/m0/s1. The highest BCUT2D eigenvalue weighted by molar-refractivity contribution is 7.19. The number of halogens is 1. The number of benzene rings is 2. The SMILES string of the molecule is Nc1nc(C(=O)N2C[C@@H]3C[C@@H]3[C@H]2CNC(=O)c2c[nH]c3ccccc23)c(-c2cccc(F)c2)s1. The molecule has 2 amide bonds. The second kappa shape index (κ2) is 7.95. The average Bonchev–Trinajstić information content (AvgIpc) is 3.17. The lowest BCUT2D eigenvalue weighted by Gasteiger charge is -2.27. The van der Waals surface area contributed by atoms with Crippen LogP contribution in [0.3, 0.4) is 0 Å². The molecule has 0 unspecified atom stereocenters. The summed E-state index contributed by atoms with van der Waals surface area (Å²) >= 11 is 1.17. The molecule has 2 fully saturated rings. The largest absolute Gasteiger partial charge is 0.375 e. The van der Waals surface area contributed by atoms with Crippen LogP contribution in [0.2, 0.25) is 0 Å². The molecule has 9 heteroatoms. The van der Waals surface area contributed by atoms with Crippen molar-refractivity contribution in [3.63, 3.8) is 0 Å². The summed E-state index contributed by atoms with van der Waals surface area (Å²) in [5.74, 6) is 0.00887. The van der Waals surface area contributed by atoms with Gasteiger partial charge in [0.05, 0.1) is 16.5 Å². The molecule has 1 aliphatic carbocycles. The van der Waals surface area contributed by atoms with E-state index in [1.807, 2.05) is 24.3 Å². The van der Waals surface area contributed by atoms with Crippen LogP contribution < -0.4 is 11.1 Å². The van der Waals surface area contributed by atoms with Gasteiger partial charge >= 0.3 is 0 Å². The van der Waals surface area contributed by atoms with E-state index in [-0.39, 0.29) is 34.5 Å². The summed E-state index contributed by atoms with van der Waals surface area (Å²) in [6.07, 6.45) is 2.76. The summed E-state index contributed by atoms with van der Waals surface area (Å²) in [7, 11) is 0. The van der Waals surface area contributed by atoms with E-state index in [0.717, 1.165) is 17.3 Å². The molecule has 2 aliphatic rings. The third-order valence-electron chi connectivity index (χ3n) is 6.80. The first-order valence-corrected chi connectivity index (χ1v) is 12.0. The number of carbonyl (C=O) groups is 2. The number of rotatable bonds is 5. The second-order valence-corrected chi connectivity index (χ2v) is 9.91. The minimum Gasteiger partial charge on any atom is -0.375 e. The van der Waals surface area contributed by atoms with Crippen molar-refractivity contribution >= 4 is 39.2 Å². The Kier molecular flexibility index (Phi) is 4.88. The van der Waals surface area contributed by atoms with E-state index in [0.29, 0.717) is 40.9 Å². The van der Waals surface area contributed by atoms with E-state index in [1.165, 1.54) is 23.5 Å². The number of para-hydroxylation sites is 1. The molecular weight excluding hydrogens is 453 g/mol. The number of fused-ring (bicyclic) bond motifs is 2. The number of thiazole rings is 1. The number of carbonyl (C=O) groups excluding carboxylic acids is 2. The number of H-pyrrole nitrogens is 1. The summed E-state index contributed by atoms with van der Waals surface area (Å²) in [5, 5.41) is 4.15. The van der Waals surface area contributed by atoms with Crippen molar-refractivity contribution in [3.8, 4) is 10.4 Å². The monoisotopic (exact) mass is 475 g/mol. The zero-order chi connectivity index (χ0) is 23.4. The van der Waals surface area contributed by atoms with Crippen LogP contribution in [-0.4, -0.2) is 45.8 Å². The number of nitrogens with zero attached hydrogens (tertiary/aromatic N) is 2. The molecule has 34 heavy (non-hydrogen) atoms. The Morgan fingerprint density at radius 1 is 1.24 bits per heavy atom. The van der Waals surface area contributed by atoms with Crippen molar-refractivity contribution in [3.05, 3.63) is 71.8 Å². The second-order valence-electron chi connectivity index (χ2n) is 8.88. The Hall–Kier alpha value is -3.72. The normalized spacial score (nSPS) is 21.0. The first kappa shape index (κ1) is 20.9. The van der Waals surface area contributed by atoms with Crippen LogP contribution in [0.1, 0.15) is 27.3 Å². The molecule has 4 aromatic rings. The Bertz CT molecular complexity index is 1430. The van der Waals surface area contributed by atoms with Crippen molar-refractivity contribution in [2.45, 2.75) is 12.5 Å². The van der Waals surface area contributed by atoms with Gasteiger partial charge in [-0.1, -0.05) is 41.7 Å². The fourth-order valence-electron chi connectivity index (χ4n) is 5.06. The third kappa shape index (κ3) is 3.52. The zero-order valence-corrected chi connectivity index (χ0v) is 18.9. The van der Waals surface area contributed by atoms with Crippen molar-refractivity contribution in [2.24, 2.45) is 11.8 Å². The quantitative estimate of drug-likeness (QED) is 0.407. The van der Waals surface area contributed by atoms with E-state index >= 15 is 0 Å². The number of nitrogen functional groups attached to an aromatic ring is 1. The van der Waals surface area contributed by atoms with Gasteiger partial charge in [0.15, 0.2) is 5.13 Å². The van der Waals surface area contributed by atoms with E-state index in [1.54, 1.807) is 23.2 Å². The smallest absolute Gasteiger partial charge is 0.274 e. The van der Waals surface area contributed by atoms with Crippen molar-refractivity contribution in [1.29, 1.82) is 0 Å². The predicted molar refractivity (Wildman–Crippen MR) is 129 cm³/mol. The van der Waals surface area contributed by atoms with Crippen molar-refractivity contribution in [2.75, 3.05) is 18.8 Å². The molecule has 1 saturated carbocycles. The maximum atomic E-state index is 13.8. The molecule has 3 atom stereocenters. The van der Waals surface area contributed by atoms with Gasteiger partial charge in [-0.3, -0.25) is 9.59 Å². The number of nitrogens with two attached hydrogens (primary N) is 1. The molecule has 2 aromatic carbocycles. The molecule has 6 rings (SSSR count). The molecule has 0 spiro atoms. The van der Waals surface area contributed by atoms with Gasteiger partial charge in [0, 0.05) is 30.2 Å². The summed E-state index contributed by atoms with van der Waals surface area (Å²) in [5.41, 5.74) is 8.24. The molecule has 1 aliphatic heterocycles. The maximum absolute atomic E-state index is 13.8. The van der Waals surface area contributed by atoms with Crippen LogP contribution in [0.15, 0.2) is 54.7 Å². The molecule has 0 radical (unpaired) electrons. The highest BCUT2D eigenvalue weighted by Gasteiger charge is 2.54. The third-order valence-corrected chi connectivity index (χ3v) is 7.74. The number of aromatic amines is 1. The molecule has 2 aromatic heterocycles. The lowest BCUT2D eigenvalue weighted by Crippen LogP contribution is -2.45. The molecule has 0 bridgehead atoms. The molecule has 7 nitrogen and oxygen atoms in total. The van der Waals surface area contributed by atoms with Gasteiger partial charge in [-0.15, -0.1) is 0 Å². The highest BCUT2D eigenvalue weighted by Crippen LogP contribution is 2.50. The molecule has 3 heterocycles. The lowest BCUT2D eigenvalue weighted by atomic mass is 10.1. The maximum Gasteiger partial charge on any atom is 0.274 e. The first-order valence-electron chi connectivity index (χ1n) is 11.2. The van der Waals surface area contributed by atoms with Crippen molar-refractivity contribution < 1.29 is 14.0 Å². The Morgan fingerprint density at radius 2 is 2.09 bits per heavy atom. The van der Waals surface area contributed by atoms with Gasteiger partial charge in [0.2, 0.25) is 0 Å². The van der Waals surface area contributed by atoms with Crippen LogP contribution in [0.4, 0.5) is 9.52 Å². The number of aromatic nitrogens is 2. The van der Waals surface area contributed by atoms with E-state index < -0.39 is 0 Å². The Balaban J connectivity index is 1.23. The number of anilines is 1. The molecule has 172 valence electrons. The minimum atomic E-state index is -0.386. The minimum absolute atomic E-state index is 0.116. The number of hydrogen-bond acceptors (Lipinski definition) is 5. The van der Waals surface area contributed by atoms with Crippen LogP contribution in [-0.2, 0) is 0 Å². The van der Waals surface area contributed by atoms with Crippen LogP contribution in [0, 0.1) is 17.7 Å². The zero-order valence-electron chi connectivity index (χ0n) is 18.1. The summed E-state index contributed by atoms with van der Waals surface area (Å²) in [4.78, 5) is 36.3. The van der Waals surface area contributed by atoms with Crippen LogP contribution >= 0.6 is 11.3 Å². The summed E-state index contributed by atoms with van der Waals surface area (Å²) in [6.45, 7) is 0.983. The van der Waals surface area contributed by atoms with E-state index in [2.05, 4.69) is 15.3 Å². The predicted octanol–water partition coefficient (Wildman–Crippen LogP) is 3.90. The Labute approximate surface area is 198 Å². The fraction of sp³-hybridized carbons (Fsp3) is 0.240. The number of amides is 2. The van der Waals surface area contributed by atoms with Gasteiger partial charge in [-0.25, -0.2) is 9.37 Å². The number of hydrogen-bond donors (Lipinski definition) is 3. The van der Waals surface area contributed by atoms with Crippen LogP contribution in [0.5, 0.6) is 0 Å². The summed E-state index contributed by atoms with van der Waals surface area (Å²) < 4.78 is 13.8. The number of nitrogens with one attached hydrogen (secondary N) is 2. The first-order chi connectivity index (χ1) is 16.5. The van der Waals surface area contributed by atoms with E-state index in [9.17, 15) is 14.0 Å². The Morgan fingerprint density at radius 3 is 2.94 bits per heavy atom. The van der Waals surface area contributed by atoms with Crippen LogP contribution in [0.25, 0.3) is 21.3 Å². The van der Waals surface area contributed by atoms with Gasteiger partial charge in [0.25, 0.3) is 11.8 Å². The van der Waals surface area contributed by atoms with Crippen molar-refractivity contribution in [1.82, 2.24) is 20.2 Å². The van der Waals surface area contributed by atoms with Gasteiger partial charge in [-0.2, -0.15) is 0 Å². The summed E-state index contributed by atoms with van der Waals surface area (Å²) in [6, 6.07) is 13.6. The van der Waals surface area contributed by atoms with E-state index in [4.69, 9.17) is 5.73 Å². The van der Waals surface area contributed by atoms with Gasteiger partial charge < -0.3 is 20.9 Å². The molecule has 1 saturated heterocycles. The number of piperidine rings is 1. The van der Waals surface area contributed by atoms with Gasteiger partial charge in [0.1, 0.15) is 11.5 Å². The number of likely N-dealkylation sites (tertiary alicyclic amines) is 1. The van der Waals surface area contributed by atoms with Gasteiger partial charge in [-0.05, 0) is 42.0 Å². The average molecular weight is 476 g/mol. The lowest BCUT2D eigenvalue weighted by molar-refractivity contribution is 0.0691. The molecular formula is C25H22FN5O2S. The fourth-order valence-corrected chi connectivity index (χ4v) is 5.88.